The monoisotopic (exact) mass is 237 g/mol. The van der Waals surface area contributed by atoms with E-state index in [1.165, 1.54) is 7.11 Å². The van der Waals surface area contributed by atoms with Crippen LogP contribution in [0.5, 0.6) is 0 Å². The van der Waals surface area contributed by atoms with Gasteiger partial charge in [0.15, 0.2) is 0 Å². The number of halogens is 1. The summed E-state index contributed by atoms with van der Waals surface area (Å²) in [6.07, 6.45) is 0.162. The summed E-state index contributed by atoms with van der Waals surface area (Å²) in [7, 11) is 1.34. The standard InChI is InChI=1S/C12H12ClNO2/c1-8-10(6-13)3-9(4-11(8)7-14)5-12(15)16-2/h3-4H,5-6H2,1-2H3. The molecule has 0 bridgehead atoms. The molecule has 1 rings (SSSR count). The van der Waals surface area contributed by atoms with Gasteiger partial charge in [0, 0.05) is 5.88 Å². The van der Waals surface area contributed by atoms with Crippen LogP contribution in [-0.4, -0.2) is 13.1 Å². The molecule has 3 nitrogen and oxygen atoms in total. The highest BCUT2D eigenvalue weighted by Crippen LogP contribution is 2.19. The highest BCUT2D eigenvalue weighted by molar-refractivity contribution is 6.17. The first-order chi connectivity index (χ1) is 7.62. The van der Waals surface area contributed by atoms with Crippen molar-refractivity contribution in [2.45, 2.75) is 19.2 Å². The Labute approximate surface area is 99.6 Å². The Kier molecular flexibility index (Phi) is 4.33. The highest BCUT2D eigenvalue weighted by atomic mass is 35.5. The molecule has 0 fully saturated rings. The summed E-state index contributed by atoms with van der Waals surface area (Å²) in [5.74, 6) is 0.00321. The SMILES string of the molecule is COC(=O)Cc1cc(C#N)c(C)c(CCl)c1. The van der Waals surface area contributed by atoms with Crippen molar-refractivity contribution in [3.05, 3.63) is 34.4 Å². The van der Waals surface area contributed by atoms with Crippen molar-refractivity contribution < 1.29 is 9.53 Å². The van der Waals surface area contributed by atoms with E-state index in [9.17, 15) is 4.79 Å². The zero-order valence-electron chi connectivity index (χ0n) is 9.21. The molecular formula is C12H12ClNO2. The number of methoxy groups -OCH3 is 1. The number of carbonyl (C=O) groups excluding carboxylic acids is 1. The number of nitriles is 1. The Morgan fingerprint density at radius 2 is 2.25 bits per heavy atom. The molecule has 0 saturated heterocycles. The molecule has 0 atom stereocenters. The van der Waals surface area contributed by atoms with E-state index in [0.29, 0.717) is 11.4 Å². The van der Waals surface area contributed by atoms with Crippen molar-refractivity contribution >= 4 is 17.6 Å². The normalized spacial score (nSPS) is 9.62. The third-order valence-corrected chi connectivity index (χ3v) is 2.70. The third kappa shape index (κ3) is 2.74. The first-order valence-corrected chi connectivity index (χ1v) is 5.31. The molecule has 4 heteroatoms. The van der Waals surface area contributed by atoms with Crippen molar-refractivity contribution in [2.24, 2.45) is 0 Å². The molecule has 0 aromatic heterocycles. The number of rotatable bonds is 3. The molecule has 0 heterocycles. The topological polar surface area (TPSA) is 50.1 Å². The molecule has 1 aromatic rings. The molecule has 0 radical (unpaired) electrons. The number of nitrogens with zero attached hydrogens (tertiary/aromatic N) is 1. The summed E-state index contributed by atoms with van der Waals surface area (Å²) >= 11 is 5.78. The molecule has 84 valence electrons. The second-order valence-corrected chi connectivity index (χ2v) is 3.69. The van der Waals surface area contributed by atoms with Gasteiger partial charge in [-0.25, -0.2) is 0 Å². The van der Waals surface area contributed by atoms with E-state index >= 15 is 0 Å². The minimum Gasteiger partial charge on any atom is -0.469 e. The first-order valence-electron chi connectivity index (χ1n) is 4.77. The van der Waals surface area contributed by atoms with Crippen LogP contribution in [0.3, 0.4) is 0 Å². The first kappa shape index (κ1) is 12.5. The van der Waals surface area contributed by atoms with Crippen LogP contribution in [-0.2, 0) is 21.8 Å². The van der Waals surface area contributed by atoms with Crippen LogP contribution >= 0.6 is 11.6 Å². The lowest BCUT2D eigenvalue weighted by Gasteiger charge is -2.08. The highest BCUT2D eigenvalue weighted by Gasteiger charge is 2.09. The van der Waals surface area contributed by atoms with Gasteiger partial charge in [0.25, 0.3) is 0 Å². The van der Waals surface area contributed by atoms with Crippen LogP contribution in [0.25, 0.3) is 0 Å². The minimum absolute atomic E-state index is 0.162. The fraction of sp³-hybridized carbons (Fsp3) is 0.333. The maximum atomic E-state index is 11.1. The smallest absolute Gasteiger partial charge is 0.309 e. The van der Waals surface area contributed by atoms with Crippen LogP contribution in [0.2, 0.25) is 0 Å². The Hall–Kier alpha value is -1.53. The van der Waals surface area contributed by atoms with Crippen molar-refractivity contribution in [1.82, 2.24) is 0 Å². The fourth-order valence-corrected chi connectivity index (χ4v) is 1.71. The zero-order valence-corrected chi connectivity index (χ0v) is 9.97. The lowest BCUT2D eigenvalue weighted by Crippen LogP contribution is -2.06. The molecule has 1 aromatic carbocycles. The maximum Gasteiger partial charge on any atom is 0.309 e. The van der Waals surface area contributed by atoms with Crippen molar-refractivity contribution in [2.75, 3.05) is 7.11 Å². The lowest BCUT2D eigenvalue weighted by molar-refractivity contribution is -0.139. The average Bonchev–Trinajstić information content (AvgIpc) is 2.30. The van der Waals surface area contributed by atoms with E-state index < -0.39 is 0 Å². The average molecular weight is 238 g/mol. The van der Waals surface area contributed by atoms with Crippen molar-refractivity contribution in [3.63, 3.8) is 0 Å². The number of hydrogen-bond acceptors (Lipinski definition) is 3. The second kappa shape index (κ2) is 5.53. The van der Waals surface area contributed by atoms with Gasteiger partial charge in [-0.3, -0.25) is 4.79 Å². The zero-order chi connectivity index (χ0) is 12.1. The molecule has 16 heavy (non-hydrogen) atoms. The van der Waals surface area contributed by atoms with Gasteiger partial charge >= 0.3 is 5.97 Å². The predicted molar refractivity (Wildman–Crippen MR) is 61.2 cm³/mol. The third-order valence-electron chi connectivity index (χ3n) is 2.42. The number of ether oxygens (including phenoxy) is 1. The number of carbonyl (C=O) groups is 1. The molecule has 0 N–H and O–H groups in total. The summed E-state index contributed by atoms with van der Waals surface area (Å²) in [6, 6.07) is 5.62. The van der Waals surface area contributed by atoms with Gasteiger partial charge in [-0.1, -0.05) is 6.07 Å². The van der Waals surface area contributed by atoms with Gasteiger partial charge in [0.05, 0.1) is 25.2 Å². The van der Waals surface area contributed by atoms with Crippen LogP contribution in [0.15, 0.2) is 12.1 Å². The molecule has 0 aliphatic rings. The van der Waals surface area contributed by atoms with Gasteiger partial charge in [-0.15, -0.1) is 11.6 Å². The summed E-state index contributed by atoms with van der Waals surface area (Å²) in [5, 5.41) is 8.94. The molecule has 0 unspecified atom stereocenters. The van der Waals surface area contributed by atoms with Gasteiger partial charge in [-0.2, -0.15) is 5.26 Å². The summed E-state index contributed by atoms with van der Waals surface area (Å²) < 4.78 is 4.58. The molecule has 0 aliphatic heterocycles. The van der Waals surface area contributed by atoms with E-state index in [4.69, 9.17) is 16.9 Å². The van der Waals surface area contributed by atoms with Gasteiger partial charge < -0.3 is 4.74 Å². The molecule has 0 amide bonds. The van der Waals surface area contributed by atoms with Crippen molar-refractivity contribution in [1.29, 1.82) is 5.26 Å². The van der Waals surface area contributed by atoms with Gasteiger partial charge in [-0.05, 0) is 29.7 Å². The fourth-order valence-electron chi connectivity index (χ4n) is 1.44. The van der Waals surface area contributed by atoms with E-state index in [1.54, 1.807) is 6.07 Å². The van der Waals surface area contributed by atoms with Crippen LogP contribution < -0.4 is 0 Å². The quantitative estimate of drug-likeness (QED) is 0.599. The van der Waals surface area contributed by atoms with Crippen LogP contribution in [0.4, 0.5) is 0 Å². The summed E-state index contributed by atoms with van der Waals surface area (Å²) in [5.41, 5.74) is 3.05. The summed E-state index contributed by atoms with van der Waals surface area (Å²) in [4.78, 5) is 11.1. The predicted octanol–water partition coefficient (Wildman–Crippen LogP) is 2.32. The largest absolute Gasteiger partial charge is 0.469 e. The van der Waals surface area contributed by atoms with Gasteiger partial charge in [0.2, 0.25) is 0 Å². The van der Waals surface area contributed by atoms with Crippen LogP contribution in [0.1, 0.15) is 22.3 Å². The summed E-state index contributed by atoms with van der Waals surface area (Å²) in [6.45, 7) is 1.85. The van der Waals surface area contributed by atoms with Crippen molar-refractivity contribution in [3.8, 4) is 6.07 Å². The molecule has 0 aliphatic carbocycles. The Balaban J connectivity index is 3.13. The molecular weight excluding hydrogens is 226 g/mol. The molecule has 0 saturated carbocycles. The molecule has 0 spiro atoms. The number of esters is 1. The van der Waals surface area contributed by atoms with E-state index in [1.807, 2.05) is 13.0 Å². The van der Waals surface area contributed by atoms with E-state index in [0.717, 1.165) is 16.7 Å². The minimum atomic E-state index is -0.326. The van der Waals surface area contributed by atoms with E-state index in [2.05, 4.69) is 10.8 Å². The Bertz CT molecular complexity index is 449. The Morgan fingerprint density at radius 3 is 2.75 bits per heavy atom. The maximum absolute atomic E-state index is 11.1. The van der Waals surface area contributed by atoms with Gasteiger partial charge in [0.1, 0.15) is 0 Å². The number of alkyl halides is 1. The van der Waals surface area contributed by atoms with E-state index in [-0.39, 0.29) is 12.4 Å². The lowest BCUT2D eigenvalue weighted by atomic mass is 9.99. The van der Waals surface area contributed by atoms with Crippen LogP contribution in [0, 0.1) is 18.3 Å². The second-order valence-electron chi connectivity index (χ2n) is 3.43. The number of benzene rings is 1. The number of hydrogen-bond donors (Lipinski definition) is 0. The Morgan fingerprint density at radius 1 is 1.56 bits per heavy atom.